The van der Waals surface area contributed by atoms with Crippen molar-refractivity contribution in [1.82, 2.24) is 5.32 Å². The van der Waals surface area contributed by atoms with Crippen LogP contribution in [0, 0.1) is 0 Å². The van der Waals surface area contributed by atoms with Crippen LogP contribution in [0.25, 0.3) is 0 Å². The molecule has 2 nitrogen and oxygen atoms in total. The first-order valence-electron chi connectivity index (χ1n) is 9.28. The number of thioether (sulfide) groups is 1. The molecule has 1 N–H and O–H groups in total. The monoisotopic (exact) mass is 375 g/mol. The molecule has 0 heterocycles. The van der Waals surface area contributed by atoms with Crippen molar-refractivity contribution in [3.05, 3.63) is 108 Å². The molecule has 0 aromatic heterocycles. The van der Waals surface area contributed by atoms with Crippen molar-refractivity contribution in [1.29, 1.82) is 0 Å². The van der Waals surface area contributed by atoms with Gasteiger partial charge in [-0.1, -0.05) is 91.0 Å². The summed E-state index contributed by atoms with van der Waals surface area (Å²) < 4.78 is -0.299. The number of amides is 1. The van der Waals surface area contributed by atoms with E-state index in [2.05, 4.69) is 96.3 Å². The van der Waals surface area contributed by atoms with Crippen LogP contribution < -0.4 is 5.32 Å². The van der Waals surface area contributed by atoms with E-state index in [4.69, 9.17) is 0 Å². The molecule has 0 fully saturated rings. The van der Waals surface area contributed by atoms with E-state index in [1.54, 1.807) is 7.05 Å². The third-order valence-corrected chi connectivity index (χ3v) is 6.32. The number of carbonyl (C=O) groups excluding carboxylic acids is 1. The third-order valence-electron chi connectivity index (χ3n) is 4.69. The van der Waals surface area contributed by atoms with Crippen molar-refractivity contribution >= 4 is 17.7 Å². The van der Waals surface area contributed by atoms with Crippen molar-refractivity contribution in [2.75, 3.05) is 12.8 Å². The summed E-state index contributed by atoms with van der Waals surface area (Å²) >= 11 is 1.90. The fourth-order valence-electron chi connectivity index (χ4n) is 3.35. The number of benzene rings is 3. The molecule has 3 heteroatoms. The van der Waals surface area contributed by atoms with Gasteiger partial charge >= 0.3 is 0 Å². The Hall–Kier alpha value is -2.52. The Morgan fingerprint density at radius 2 is 1.19 bits per heavy atom. The second kappa shape index (κ2) is 9.43. The second-order valence-electron chi connectivity index (χ2n) is 6.40. The Morgan fingerprint density at radius 1 is 0.778 bits per heavy atom. The Kier molecular flexibility index (Phi) is 6.72. The van der Waals surface area contributed by atoms with Gasteiger partial charge in [0.25, 0.3) is 0 Å². The lowest BCUT2D eigenvalue weighted by Crippen LogP contribution is -2.26. The van der Waals surface area contributed by atoms with Crippen molar-refractivity contribution < 1.29 is 4.79 Å². The Morgan fingerprint density at radius 3 is 1.56 bits per heavy atom. The van der Waals surface area contributed by atoms with Crippen LogP contribution in [0.3, 0.4) is 0 Å². The van der Waals surface area contributed by atoms with Gasteiger partial charge in [-0.2, -0.15) is 0 Å². The van der Waals surface area contributed by atoms with Gasteiger partial charge in [-0.25, -0.2) is 0 Å². The summed E-state index contributed by atoms with van der Waals surface area (Å²) in [6, 6.07) is 32.0. The molecular weight excluding hydrogens is 350 g/mol. The summed E-state index contributed by atoms with van der Waals surface area (Å²) in [6.45, 7) is 0. The molecule has 3 rings (SSSR count). The van der Waals surface area contributed by atoms with Crippen molar-refractivity contribution in [2.45, 2.75) is 17.6 Å². The van der Waals surface area contributed by atoms with Crippen molar-refractivity contribution in [2.24, 2.45) is 0 Å². The molecule has 0 saturated heterocycles. The molecule has 27 heavy (non-hydrogen) atoms. The summed E-state index contributed by atoms with van der Waals surface area (Å²) in [5, 5.41) is 2.71. The lowest BCUT2D eigenvalue weighted by atomic mass is 9.84. The largest absolute Gasteiger partial charge is 0.359 e. The first kappa shape index (κ1) is 19.2. The zero-order chi connectivity index (χ0) is 19.0. The summed E-state index contributed by atoms with van der Waals surface area (Å²) in [7, 11) is 1.69. The molecule has 0 saturated carbocycles. The van der Waals surface area contributed by atoms with E-state index in [9.17, 15) is 4.79 Å². The average molecular weight is 376 g/mol. The van der Waals surface area contributed by atoms with Crippen LogP contribution in [-0.4, -0.2) is 18.7 Å². The molecular formula is C24H25NOS. The van der Waals surface area contributed by atoms with E-state index in [1.807, 2.05) is 11.8 Å². The highest BCUT2D eigenvalue weighted by molar-refractivity contribution is 8.00. The number of hydrogen-bond acceptors (Lipinski definition) is 2. The van der Waals surface area contributed by atoms with E-state index in [0.29, 0.717) is 6.42 Å². The van der Waals surface area contributed by atoms with Crippen LogP contribution in [0.2, 0.25) is 0 Å². The standard InChI is InChI=1S/C24H25NOS/c1-25-23(26)18-11-19-27-24(20-12-5-2-6-13-20,21-14-7-3-8-15-21)22-16-9-4-10-17-22/h2-10,12-17H,11,18-19H2,1H3,(H,25,26). The maximum atomic E-state index is 11.6. The lowest BCUT2D eigenvalue weighted by Gasteiger charge is -2.35. The van der Waals surface area contributed by atoms with Crippen LogP contribution in [0.1, 0.15) is 29.5 Å². The molecule has 0 bridgehead atoms. The first-order valence-corrected chi connectivity index (χ1v) is 10.3. The highest BCUT2D eigenvalue weighted by Gasteiger charge is 2.36. The van der Waals surface area contributed by atoms with E-state index < -0.39 is 0 Å². The van der Waals surface area contributed by atoms with Gasteiger partial charge in [-0.15, -0.1) is 11.8 Å². The highest BCUT2D eigenvalue weighted by Crippen LogP contribution is 2.48. The van der Waals surface area contributed by atoms with Crippen LogP contribution >= 0.6 is 11.8 Å². The van der Waals surface area contributed by atoms with Crippen LogP contribution in [0.5, 0.6) is 0 Å². The summed E-state index contributed by atoms with van der Waals surface area (Å²) in [6.07, 6.45) is 1.40. The zero-order valence-electron chi connectivity index (χ0n) is 15.6. The Bertz CT molecular complexity index is 737. The van der Waals surface area contributed by atoms with Gasteiger partial charge in [0.1, 0.15) is 0 Å². The van der Waals surface area contributed by atoms with E-state index in [0.717, 1.165) is 12.2 Å². The normalized spacial score (nSPS) is 11.1. The molecule has 0 radical (unpaired) electrons. The molecule has 0 aliphatic heterocycles. The van der Waals surface area contributed by atoms with Gasteiger partial charge in [-0.3, -0.25) is 4.79 Å². The van der Waals surface area contributed by atoms with Gasteiger partial charge in [0.2, 0.25) is 5.91 Å². The van der Waals surface area contributed by atoms with E-state index in [1.165, 1.54) is 16.7 Å². The number of carbonyl (C=O) groups is 1. The van der Waals surface area contributed by atoms with Crippen LogP contribution in [0.15, 0.2) is 91.0 Å². The minimum absolute atomic E-state index is 0.0975. The zero-order valence-corrected chi connectivity index (χ0v) is 16.4. The molecule has 0 aliphatic rings. The smallest absolute Gasteiger partial charge is 0.219 e. The Balaban J connectivity index is 2.04. The third kappa shape index (κ3) is 4.42. The predicted molar refractivity (Wildman–Crippen MR) is 115 cm³/mol. The Labute approximate surface area is 166 Å². The topological polar surface area (TPSA) is 29.1 Å². The molecule has 0 atom stereocenters. The fourth-order valence-corrected chi connectivity index (χ4v) is 4.85. The molecule has 3 aromatic carbocycles. The maximum absolute atomic E-state index is 11.6. The number of hydrogen-bond donors (Lipinski definition) is 1. The van der Waals surface area contributed by atoms with Crippen molar-refractivity contribution in [3.8, 4) is 0 Å². The second-order valence-corrected chi connectivity index (χ2v) is 7.71. The van der Waals surface area contributed by atoms with Crippen LogP contribution in [0.4, 0.5) is 0 Å². The molecule has 0 aliphatic carbocycles. The van der Waals surface area contributed by atoms with Gasteiger partial charge in [-0.05, 0) is 28.9 Å². The van der Waals surface area contributed by atoms with Crippen LogP contribution in [-0.2, 0) is 9.54 Å². The summed E-state index contributed by atoms with van der Waals surface area (Å²) in [5.41, 5.74) is 3.77. The minimum Gasteiger partial charge on any atom is -0.359 e. The molecule has 0 unspecified atom stereocenters. The van der Waals surface area contributed by atoms with E-state index in [-0.39, 0.29) is 10.7 Å². The maximum Gasteiger partial charge on any atom is 0.219 e. The lowest BCUT2D eigenvalue weighted by molar-refractivity contribution is -0.120. The van der Waals surface area contributed by atoms with Gasteiger partial charge in [0.15, 0.2) is 0 Å². The van der Waals surface area contributed by atoms with Crippen molar-refractivity contribution in [3.63, 3.8) is 0 Å². The molecule has 3 aromatic rings. The molecule has 138 valence electrons. The van der Waals surface area contributed by atoms with Gasteiger partial charge in [0.05, 0.1) is 4.75 Å². The summed E-state index contributed by atoms with van der Waals surface area (Å²) in [4.78, 5) is 11.6. The molecule has 1 amide bonds. The highest BCUT2D eigenvalue weighted by atomic mass is 32.2. The average Bonchev–Trinajstić information content (AvgIpc) is 2.75. The number of rotatable bonds is 8. The quantitative estimate of drug-likeness (QED) is 0.431. The predicted octanol–water partition coefficient (Wildman–Crippen LogP) is 5.24. The summed E-state index contributed by atoms with van der Waals surface area (Å²) in [5.74, 6) is 0.992. The van der Waals surface area contributed by atoms with E-state index >= 15 is 0 Å². The number of nitrogens with one attached hydrogen (secondary N) is 1. The first-order chi connectivity index (χ1) is 13.3. The fraction of sp³-hybridized carbons (Fsp3) is 0.208. The van der Waals surface area contributed by atoms with Gasteiger partial charge < -0.3 is 5.32 Å². The molecule has 0 spiro atoms. The minimum atomic E-state index is -0.299. The van der Waals surface area contributed by atoms with Gasteiger partial charge in [0, 0.05) is 13.5 Å². The SMILES string of the molecule is CNC(=O)CCCSC(c1ccccc1)(c1ccccc1)c1ccccc1.